The van der Waals surface area contributed by atoms with Crippen molar-refractivity contribution in [2.75, 3.05) is 0 Å². The Morgan fingerprint density at radius 1 is 0.812 bits per heavy atom. The number of nitrogens with zero attached hydrogens (tertiary/aromatic N) is 4. The zero-order valence-electron chi connectivity index (χ0n) is 17.9. The van der Waals surface area contributed by atoms with Gasteiger partial charge in [0.15, 0.2) is 0 Å². The normalized spacial score (nSPS) is 15.2. The van der Waals surface area contributed by atoms with Crippen LogP contribution in [0.3, 0.4) is 0 Å². The van der Waals surface area contributed by atoms with Gasteiger partial charge in [-0.2, -0.15) is 5.10 Å². The molecule has 156 valence electrons. The molecule has 4 nitrogen and oxygen atoms in total. The first-order valence-corrected chi connectivity index (χ1v) is 11.3. The van der Waals surface area contributed by atoms with Crippen molar-refractivity contribution in [3.8, 4) is 22.5 Å². The van der Waals surface area contributed by atoms with Crippen molar-refractivity contribution in [3.63, 3.8) is 0 Å². The molecule has 4 heteroatoms. The second-order valence-electron chi connectivity index (χ2n) is 8.54. The quantitative estimate of drug-likeness (QED) is 0.355. The summed E-state index contributed by atoms with van der Waals surface area (Å²) in [5, 5.41) is 6.25. The number of fused-ring (bicyclic) bond motifs is 2. The molecule has 0 aliphatic carbocycles. The number of benzene rings is 2. The number of aryl methyl sites for hydroxylation is 1. The molecule has 0 fully saturated rings. The van der Waals surface area contributed by atoms with Crippen LogP contribution in [0.25, 0.3) is 33.4 Å². The smallest absolute Gasteiger partial charge is 0.119 e. The first-order chi connectivity index (χ1) is 15.9. The topological polar surface area (TPSA) is 43.6 Å². The van der Waals surface area contributed by atoms with Crippen molar-refractivity contribution in [2.45, 2.75) is 25.8 Å². The lowest BCUT2D eigenvalue weighted by atomic mass is 9.92. The van der Waals surface area contributed by atoms with Crippen LogP contribution in [0, 0.1) is 5.92 Å². The molecule has 0 N–H and O–H groups in total. The molecule has 0 saturated carbocycles. The maximum atomic E-state index is 5.08. The fraction of sp³-hybridized carbons (Fsp3) is 0.179. The van der Waals surface area contributed by atoms with Crippen molar-refractivity contribution >= 4 is 10.9 Å². The molecule has 0 saturated heterocycles. The summed E-state index contributed by atoms with van der Waals surface area (Å²) in [5.41, 5.74) is 8.04. The molecule has 1 unspecified atom stereocenters. The minimum atomic E-state index is 0.599. The molecule has 1 aliphatic heterocycles. The second-order valence-corrected chi connectivity index (χ2v) is 8.54. The Kier molecular flexibility index (Phi) is 4.76. The fourth-order valence-electron chi connectivity index (χ4n) is 4.93. The molecule has 0 spiro atoms. The minimum Gasteiger partial charge on any atom is -0.268 e. The summed E-state index contributed by atoms with van der Waals surface area (Å²) in [5.74, 6) is 0.599. The zero-order valence-corrected chi connectivity index (χ0v) is 17.9. The van der Waals surface area contributed by atoms with Gasteiger partial charge in [0.25, 0.3) is 0 Å². The number of aromatic nitrogens is 4. The third-order valence-electron chi connectivity index (χ3n) is 6.48. The molecular formula is C28H24N4. The Hall–Kier alpha value is -3.79. The van der Waals surface area contributed by atoms with E-state index in [-0.39, 0.29) is 0 Å². The molecule has 3 aromatic heterocycles. The SMILES string of the molecule is c1ccc(CCC2Cc3c(-c4ccnc5ccccc45)c(-c4ccccn4)nn3C2)cc1. The van der Waals surface area contributed by atoms with E-state index in [9.17, 15) is 0 Å². The van der Waals surface area contributed by atoms with Gasteiger partial charge in [0.1, 0.15) is 5.69 Å². The first kappa shape index (κ1) is 18.9. The molecule has 4 heterocycles. The zero-order chi connectivity index (χ0) is 21.3. The highest BCUT2D eigenvalue weighted by molar-refractivity contribution is 5.98. The third-order valence-corrected chi connectivity index (χ3v) is 6.48. The maximum Gasteiger partial charge on any atom is 0.119 e. The van der Waals surface area contributed by atoms with Gasteiger partial charge >= 0.3 is 0 Å². The lowest BCUT2D eigenvalue weighted by Gasteiger charge is -2.11. The predicted octanol–water partition coefficient (Wildman–Crippen LogP) is 5.97. The Bertz CT molecular complexity index is 1370. The van der Waals surface area contributed by atoms with Gasteiger partial charge in [-0.1, -0.05) is 54.6 Å². The molecule has 5 aromatic rings. The van der Waals surface area contributed by atoms with E-state index in [4.69, 9.17) is 5.10 Å². The predicted molar refractivity (Wildman–Crippen MR) is 128 cm³/mol. The van der Waals surface area contributed by atoms with E-state index >= 15 is 0 Å². The van der Waals surface area contributed by atoms with Gasteiger partial charge < -0.3 is 0 Å². The van der Waals surface area contributed by atoms with Gasteiger partial charge in [-0.25, -0.2) is 0 Å². The molecule has 0 amide bonds. The Labute approximate surface area is 187 Å². The average Bonchev–Trinajstić information content (AvgIpc) is 3.41. The van der Waals surface area contributed by atoms with E-state index in [1.54, 1.807) is 0 Å². The van der Waals surface area contributed by atoms with E-state index in [1.807, 2.05) is 30.6 Å². The van der Waals surface area contributed by atoms with Crippen LogP contribution in [0.1, 0.15) is 17.7 Å². The van der Waals surface area contributed by atoms with Crippen LogP contribution in [0.5, 0.6) is 0 Å². The molecule has 1 atom stereocenters. The summed E-state index contributed by atoms with van der Waals surface area (Å²) in [6.45, 7) is 0.963. The van der Waals surface area contributed by atoms with Gasteiger partial charge in [-0.3, -0.25) is 14.6 Å². The Morgan fingerprint density at radius 3 is 2.53 bits per heavy atom. The van der Waals surface area contributed by atoms with E-state index in [2.05, 4.69) is 75.3 Å². The Balaban J connectivity index is 1.42. The standard InChI is InChI=1S/C28H24N4/c1-2-8-20(9-3-1)13-14-21-18-26-27(23-15-17-30-24-11-5-4-10-22(23)24)28(31-32(26)19-21)25-12-6-7-16-29-25/h1-12,15-17,21H,13-14,18-19H2. The van der Waals surface area contributed by atoms with Gasteiger partial charge in [0.05, 0.1) is 11.2 Å². The van der Waals surface area contributed by atoms with Crippen molar-refractivity contribution < 1.29 is 0 Å². The van der Waals surface area contributed by atoms with Crippen LogP contribution in [0.4, 0.5) is 0 Å². The molecule has 0 radical (unpaired) electrons. The van der Waals surface area contributed by atoms with Crippen molar-refractivity contribution in [2.24, 2.45) is 5.92 Å². The number of pyridine rings is 2. The highest BCUT2D eigenvalue weighted by Crippen LogP contribution is 2.41. The molecule has 0 bridgehead atoms. The monoisotopic (exact) mass is 416 g/mol. The average molecular weight is 417 g/mol. The molecular weight excluding hydrogens is 392 g/mol. The van der Waals surface area contributed by atoms with E-state index in [1.165, 1.54) is 28.8 Å². The van der Waals surface area contributed by atoms with Gasteiger partial charge in [0.2, 0.25) is 0 Å². The summed E-state index contributed by atoms with van der Waals surface area (Å²) in [4.78, 5) is 9.21. The number of hydrogen-bond donors (Lipinski definition) is 0. The van der Waals surface area contributed by atoms with Gasteiger partial charge in [0, 0.05) is 35.6 Å². The molecule has 2 aromatic carbocycles. The summed E-state index contributed by atoms with van der Waals surface area (Å²) in [6.07, 6.45) is 7.07. The van der Waals surface area contributed by atoms with Crippen LogP contribution in [0.2, 0.25) is 0 Å². The lowest BCUT2D eigenvalue weighted by Crippen LogP contribution is -2.06. The molecule has 1 aliphatic rings. The summed E-state index contributed by atoms with van der Waals surface area (Å²) < 4.78 is 2.23. The summed E-state index contributed by atoms with van der Waals surface area (Å²) in [6, 6.07) is 27.3. The van der Waals surface area contributed by atoms with Crippen LogP contribution in [0.15, 0.2) is 91.3 Å². The molecule has 32 heavy (non-hydrogen) atoms. The number of para-hydroxylation sites is 1. The van der Waals surface area contributed by atoms with Gasteiger partial charge in [-0.05, 0) is 60.6 Å². The second kappa shape index (κ2) is 8.04. The summed E-state index contributed by atoms with van der Waals surface area (Å²) in [7, 11) is 0. The van der Waals surface area contributed by atoms with Gasteiger partial charge in [-0.15, -0.1) is 0 Å². The van der Waals surface area contributed by atoms with E-state index in [0.717, 1.165) is 41.7 Å². The third kappa shape index (κ3) is 3.38. The first-order valence-electron chi connectivity index (χ1n) is 11.3. The molecule has 6 rings (SSSR count). The number of rotatable bonds is 5. The fourth-order valence-corrected chi connectivity index (χ4v) is 4.93. The largest absolute Gasteiger partial charge is 0.268 e. The van der Waals surface area contributed by atoms with Crippen LogP contribution in [-0.4, -0.2) is 19.7 Å². The van der Waals surface area contributed by atoms with Crippen LogP contribution in [-0.2, 0) is 19.4 Å². The number of hydrogen-bond acceptors (Lipinski definition) is 3. The van der Waals surface area contributed by atoms with Crippen molar-refractivity contribution in [1.29, 1.82) is 0 Å². The summed E-state index contributed by atoms with van der Waals surface area (Å²) >= 11 is 0. The minimum absolute atomic E-state index is 0.599. The van der Waals surface area contributed by atoms with Crippen LogP contribution < -0.4 is 0 Å². The van der Waals surface area contributed by atoms with Crippen LogP contribution >= 0.6 is 0 Å². The van der Waals surface area contributed by atoms with Crippen molar-refractivity contribution in [1.82, 2.24) is 19.7 Å². The maximum absolute atomic E-state index is 5.08. The Morgan fingerprint density at radius 2 is 1.66 bits per heavy atom. The highest BCUT2D eigenvalue weighted by Gasteiger charge is 2.30. The van der Waals surface area contributed by atoms with Crippen molar-refractivity contribution in [3.05, 3.63) is 103 Å². The van der Waals surface area contributed by atoms with E-state index < -0.39 is 0 Å². The van der Waals surface area contributed by atoms with E-state index in [0.29, 0.717) is 5.92 Å². The highest BCUT2D eigenvalue weighted by atomic mass is 15.3. The lowest BCUT2D eigenvalue weighted by molar-refractivity contribution is 0.457.